The molecule has 0 amide bonds. The summed E-state index contributed by atoms with van der Waals surface area (Å²) >= 11 is 0. The first-order valence-electron chi connectivity index (χ1n) is 6.00. The first kappa shape index (κ1) is 14.5. The first-order chi connectivity index (χ1) is 8.60. The molecule has 4 nitrogen and oxygen atoms in total. The van der Waals surface area contributed by atoms with Gasteiger partial charge in [0.2, 0.25) is 0 Å². The minimum absolute atomic E-state index is 0.146. The van der Waals surface area contributed by atoms with E-state index in [0.717, 1.165) is 35.6 Å². The van der Waals surface area contributed by atoms with Crippen LogP contribution >= 0.6 is 0 Å². The summed E-state index contributed by atoms with van der Waals surface area (Å²) in [5.74, 6) is 1.83. The van der Waals surface area contributed by atoms with Crippen molar-refractivity contribution in [1.82, 2.24) is 5.32 Å². The number of hydrogen-bond donors (Lipinski definition) is 1. The van der Waals surface area contributed by atoms with E-state index in [1.165, 1.54) is 0 Å². The highest BCUT2D eigenvalue weighted by Gasteiger charge is 2.10. The molecule has 1 N–H and O–H groups in total. The molecule has 0 aliphatic heterocycles. The molecule has 0 aliphatic carbocycles. The van der Waals surface area contributed by atoms with Crippen LogP contribution in [0.25, 0.3) is 0 Å². The lowest BCUT2D eigenvalue weighted by atomic mass is 10.1. The molecule has 18 heavy (non-hydrogen) atoms. The smallest absolute Gasteiger partial charge is 0.143 e. The van der Waals surface area contributed by atoms with Crippen molar-refractivity contribution in [2.45, 2.75) is 20.3 Å². The Hall–Kier alpha value is -1.55. The maximum atomic E-state index is 10.8. The fraction of sp³-hybridized carbons (Fsp3) is 0.500. The molecule has 0 unspecified atom stereocenters. The van der Waals surface area contributed by atoms with Crippen molar-refractivity contribution in [1.29, 1.82) is 0 Å². The zero-order chi connectivity index (χ0) is 13.5. The van der Waals surface area contributed by atoms with Crippen molar-refractivity contribution in [2.24, 2.45) is 0 Å². The van der Waals surface area contributed by atoms with Gasteiger partial charge in [0.25, 0.3) is 0 Å². The Bertz CT molecular complexity index is 416. The van der Waals surface area contributed by atoms with E-state index in [-0.39, 0.29) is 5.78 Å². The molecule has 0 aliphatic rings. The topological polar surface area (TPSA) is 47.6 Å². The van der Waals surface area contributed by atoms with Gasteiger partial charge in [-0.25, -0.2) is 0 Å². The van der Waals surface area contributed by atoms with Gasteiger partial charge in [0, 0.05) is 5.56 Å². The second-order valence-electron chi connectivity index (χ2n) is 4.21. The molecule has 0 saturated heterocycles. The fourth-order valence-electron chi connectivity index (χ4n) is 1.92. The van der Waals surface area contributed by atoms with E-state index < -0.39 is 0 Å². The lowest BCUT2D eigenvalue weighted by molar-refractivity contribution is -0.116. The molecule has 0 fully saturated rings. The Morgan fingerprint density at radius 2 is 2.00 bits per heavy atom. The Labute approximate surface area is 108 Å². The van der Waals surface area contributed by atoms with Crippen LogP contribution in [0, 0.1) is 6.92 Å². The van der Waals surface area contributed by atoms with E-state index in [1.54, 1.807) is 21.1 Å². The van der Waals surface area contributed by atoms with Crippen LogP contribution < -0.4 is 14.8 Å². The fourth-order valence-corrected chi connectivity index (χ4v) is 1.92. The monoisotopic (exact) mass is 251 g/mol. The molecule has 0 aromatic heterocycles. The van der Waals surface area contributed by atoms with Gasteiger partial charge in [-0.2, -0.15) is 0 Å². The first-order valence-corrected chi connectivity index (χ1v) is 6.00. The third kappa shape index (κ3) is 3.74. The molecule has 0 saturated carbocycles. The van der Waals surface area contributed by atoms with Crippen LogP contribution in [0.3, 0.4) is 0 Å². The van der Waals surface area contributed by atoms with Gasteiger partial charge in [-0.05, 0) is 38.4 Å². The number of rotatable bonds is 7. The van der Waals surface area contributed by atoms with Crippen molar-refractivity contribution in [3.05, 3.63) is 23.3 Å². The van der Waals surface area contributed by atoms with Gasteiger partial charge in [-0.3, -0.25) is 4.79 Å². The second kappa shape index (κ2) is 7.01. The summed E-state index contributed by atoms with van der Waals surface area (Å²) in [4.78, 5) is 10.8. The molecule has 0 spiro atoms. The maximum Gasteiger partial charge on any atom is 0.143 e. The molecule has 4 heteroatoms. The Kier molecular flexibility index (Phi) is 5.65. The van der Waals surface area contributed by atoms with E-state index in [9.17, 15) is 4.79 Å². The molecular weight excluding hydrogens is 230 g/mol. The van der Waals surface area contributed by atoms with Crippen LogP contribution in [0.5, 0.6) is 11.5 Å². The summed E-state index contributed by atoms with van der Waals surface area (Å²) in [6.07, 6.45) is 0.821. The van der Waals surface area contributed by atoms with Crippen LogP contribution in [0.2, 0.25) is 0 Å². The highest BCUT2D eigenvalue weighted by Crippen LogP contribution is 2.31. The number of nitrogens with one attached hydrogen (secondary N) is 1. The lowest BCUT2D eigenvalue weighted by Crippen LogP contribution is -2.23. The van der Waals surface area contributed by atoms with Gasteiger partial charge in [-0.1, -0.05) is 6.07 Å². The van der Waals surface area contributed by atoms with Gasteiger partial charge < -0.3 is 14.8 Å². The molecule has 1 aromatic rings. The summed E-state index contributed by atoms with van der Waals surface area (Å²) < 4.78 is 10.7. The average Bonchev–Trinajstić information content (AvgIpc) is 2.34. The van der Waals surface area contributed by atoms with Gasteiger partial charge in [0.1, 0.15) is 17.3 Å². The zero-order valence-corrected chi connectivity index (χ0v) is 11.5. The van der Waals surface area contributed by atoms with Crippen LogP contribution in [0.1, 0.15) is 18.1 Å². The Morgan fingerprint density at radius 1 is 1.28 bits per heavy atom. The molecule has 0 heterocycles. The predicted molar refractivity (Wildman–Crippen MR) is 71.5 cm³/mol. The van der Waals surface area contributed by atoms with Crippen molar-refractivity contribution in [2.75, 3.05) is 27.3 Å². The summed E-state index contributed by atoms with van der Waals surface area (Å²) in [6.45, 7) is 4.72. The number of carbonyl (C=O) groups is 1. The normalized spacial score (nSPS) is 10.2. The Morgan fingerprint density at radius 3 is 2.56 bits per heavy atom. The second-order valence-corrected chi connectivity index (χ2v) is 4.21. The lowest BCUT2D eigenvalue weighted by Gasteiger charge is -2.14. The van der Waals surface area contributed by atoms with E-state index in [0.29, 0.717) is 6.54 Å². The van der Waals surface area contributed by atoms with E-state index >= 15 is 0 Å². The van der Waals surface area contributed by atoms with Crippen molar-refractivity contribution in [3.63, 3.8) is 0 Å². The zero-order valence-electron chi connectivity index (χ0n) is 11.5. The summed E-state index contributed by atoms with van der Waals surface area (Å²) in [6, 6.07) is 3.94. The van der Waals surface area contributed by atoms with Gasteiger partial charge in [0.05, 0.1) is 20.8 Å². The SMILES string of the molecule is COc1ccc(CCNCC(C)=O)c(OC)c1C. The highest BCUT2D eigenvalue weighted by molar-refractivity contribution is 5.77. The van der Waals surface area contributed by atoms with Gasteiger partial charge in [0.15, 0.2) is 0 Å². The molecule has 0 bridgehead atoms. The quantitative estimate of drug-likeness (QED) is 0.750. The van der Waals surface area contributed by atoms with Crippen LogP contribution in [0.4, 0.5) is 0 Å². The predicted octanol–water partition coefficient (Wildman–Crippen LogP) is 1.73. The number of Topliss-reactive ketones (excluding diaryl/α,β-unsaturated/α-hetero) is 1. The van der Waals surface area contributed by atoms with E-state index in [4.69, 9.17) is 9.47 Å². The number of hydrogen-bond acceptors (Lipinski definition) is 4. The summed E-state index contributed by atoms with van der Waals surface area (Å²) in [7, 11) is 3.31. The van der Waals surface area contributed by atoms with Crippen LogP contribution in [-0.4, -0.2) is 33.1 Å². The molecule has 1 aromatic carbocycles. The third-order valence-electron chi connectivity index (χ3n) is 2.81. The molecular formula is C14H21NO3. The van der Waals surface area contributed by atoms with E-state index in [1.807, 2.05) is 19.1 Å². The standard InChI is InChI=1S/C14H21NO3/c1-10(16)9-15-8-7-12-5-6-13(17-3)11(2)14(12)18-4/h5-6,15H,7-9H2,1-4H3. The average molecular weight is 251 g/mol. The number of benzene rings is 1. The largest absolute Gasteiger partial charge is 0.496 e. The number of ketones is 1. The summed E-state index contributed by atoms with van der Waals surface area (Å²) in [5.41, 5.74) is 2.12. The number of ether oxygens (including phenoxy) is 2. The van der Waals surface area contributed by atoms with E-state index in [2.05, 4.69) is 5.32 Å². The molecule has 1 rings (SSSR count). The summed E-state index contributed by atoms with van der Waals surface area (Å²) in [5, 5.41) is 3.10. The van der Waals surface area contributed by atoms with Gasteiger partial charge in [-0.15, -0.1) is 0 Å². The minimum Gasteiger partial charge on any atom is -0.496 e. The minimum atomic E-state index is 0.146. The third-order valence-corrected chi connectivity index (χ3v) is 2.81. The number of carbonyl (C=O) groups excluding carboxylic acids is 1. The number of methoxy groups -OCH3 is 2. The van der Waals surface area contributed by atoms with Gasteiger partial charge >= 0.3 is 0 Å². The molecule has 0 atom stereocenters. The van der Waals surface area contributed by atoms with Crippen LogP contribution in [0.15, 0.2) is 12.1 Å². The van der Waals surface area contributed by atoms with Crippen molar-refractivity contribution in [3.8, 4) is 11.5 Å². The van der Waals surface area contributed by atoms with Crippen molar-refractivity contribution < 1.29 is 14.3 Å². The maximum absolute atomic E-state index is 10.8. The molecule has 100 valence electrons. The van der Waals surface area contributed by atoms with Crippen molar-refractivity contribution >= 4 is 5.78 Å². The molecule has 0 radical (unpaired) electrons. The van der Waals surface area contributed by atoms with Crippen LogP contribution in [-0.2, 0) is 11.2 Å². The Balaban J connectivity index is 2.71. The highest BCUT2D eigenvalue weighted by atomic mass is 16.5.